The van der Waals surface area contributed by atoms with Crippen molar-refractivity contribution in [3.63, 3.8) is 0 Å². The molecule has 23 heavy (non-hydrogen) atoms. The normalized spacial score (nSPS) is 23.3. The Hall–Kier alpha value is -1.57. The second-order valence-electron chi connectivity index (χ2n) is 6.38. The van der Waals surface area contributed by atoms with Gasteiger partial charge in [-0.2, -0.15) is 18.3 Å². The summed E-state index contributed by atoms with van der Waals surface area (Å²) in [5.41, 5.74) is 0.747. The Morgan fingerprint density at radius 1 is 1.43 bits per heavy atom. The molecule has 2 rings (SSSR count). The molecule has 0 bridgehead atoms. The maximum atomic E-state index is 13.3. The van der Waals surface area contributed by atoms with Gasteiger partial charge >= 0.3 is 6.18 Å². The van der Waals surface area contributed by atoms with E-state index in [-0.39, 0.29) is 37.5 Å². The van der Waals surface area contributed by atoms with E-state index in [0.29, 0.717) is 6.42 Å². The lowest BCUT2D eigenvalue weighted by molar-refractivity contribution is -0.194. The van der Waals surface area contributed by atoms with E-state index in [9.17, 15) is 18.0 Å². The van der Waals surface area contributed by atoms with Crippen LogP contribution in [0.4, 0.5) is 13.2 Å². The lowest BCUT2D eigenvalue weighted by atomic mass is 9.97. The zero-order chi connectivity index (χ0) is 17.2. The summed E-state index contributed by atoms with van der Waals surface area (Å²) in [6.07, 6.45) is -0.553. The first-order valence-corrected chi connectivity index (χ1v) is 7.77. The van der Waals surface area contributed by atoms with Gasteiger partial charge in [0.15, 0.2) is 0 Å². The molecule has 1 aromatic rings. The molecule has 0 unspecified atom stereocenters. The number of alkyl halides is 3. The van der Waals surface area contributed by atoms with Gasteiger partial charge in [0.2, 0.25) is 5.91 Å². The number of nitrogens with one attached hydrogen (secondary N) is 1. The minimum atomic E-state index is -4.27. The van der Waals surface area contributed by atoms with E-state index in [1.807, 2.05) is 13.8 Å². The highest BCUT2D eigenvalue weighted by molar-refractivity contribution is 5.73. The van der Waals surface area contributed by atoms with Crippen LogP contribution in [0.2, 0.25) is 0 Å². The van der Waals surface area contributed by atoms with E-state index >= 15 is 0 Å². The number of rotatable bonds is 4. The van der Waals surface area contributed by atoms with Gasteiger partial charge in [-0.3, -0.25) is 14.4 Å². The summed E-state index contributed by atoms with van der Waals surface area (Å²) in [6.45, 7) is 5.67. The first-order valence-electron chi connectivity index (χ1n) is 7.77. The molecular weight excluding hydrogens is 309 g/mol. The molecular formula is C15H23F3N4O. The minimum Gasteiger partial charge on any atom is -0.352 e. The first kappa shape index (κ1) is 17.8. The molecule has 1 aliphatic heterocycles. The van der Waals surface area contributed by atoms with Crippen molar-refractivity contribution in [1.29, 1.82) is 0 Å². The summed E-state index contributed by atoms with van der Waals surface area (Å²) in [5, 5.41) is 6.90. The molecule has 5 nitrogen and oxygen atoms in total. The third kappa shape index (κ3) is 4.70. The van der Waals surface area contributed by atoms with Gasteiger partial charge in [0.25, 0.3) is 0 Å². The third-order valence-corrected chi connectivity index (χ3v) is 4.04. The molecule has 130 valence electrons. The number of hydrogen-bond acceptors (Lipinski definition) is 3. The molecule has 0 saturated carbocycles. The monoisotopic (exact) mass is 332 g/mol. The smallest absolute Gasteiger partial charge is 0.352 e. The molecule has 1 saturated heterocycles. The lowest BCUT2D eigenvalue weighted by Gasteiger charge is -2.40. The van der Waals surface area contributed by atoms with Gasteiger partial charge in [0.1, 0.15) is 6.04 Å². The number of nitrogens with zero attached hydrogens (tertiary/aromatic N) is 3. The number of hydrogen-bond donors (Lipinski definition) is 1. The molecule has 1 N–H and O–H groups in total. The standard InChI is InChI=1S/C15H23F3N4O/c1-10(2)22-8-12(6-19-22)7-21-9-13(20-11(3)23)4-5-14(21)15(16,17)18/h6,8,10,13-14H,4-5,7,9H2,1-3H3,(H,20,23)/t13-,14+/m0/s1. The van der Waals surface area contributed by atoms with Crippen molar-refractivity contribution in [2.75, 3.05) is 6.54 Å². The third-order valence-electron chi connectivity index (χ3n) is 4.04. The van der Waals surface area contributed by atoms with Crippen LogP contribution < -0.4 is 5.32 Å². The maximum absolute atomic E-state index is 13.3. The van der Waals surface area contributed by atoms with Crippen LogP contribution in [0.15, 0.2) is 12.4 Å². The number of halogens is 3. The van der Waals surface area contributed by atoms with Crippen LogP contribution in [0.1, 0.15) is 45.2 Å². The van der Waals surface area contributed by atoms with E-state index in [1.54, 1.807) is 17.1 Å². The fourth-order valence-corrected chi connectivity index (χ4v) is 2.97. The summed E-state index contributed by atoms with van der Waals surface area (Å²) in [5.74, 6) is -0.215. The molecule has 8 heteroatoms. The Morgan fingerprint density at radius 3 is 2.65 bits per heavy atom. The number of carbonyl (C=O) groups excluding carboxylic acids is 1. The zero-order valence-electron chi connectivity index (χ0n) is 13.6. The van der Waals surface area contributed by atoms with Crippen molar-refractivity contribution >= 4 is 5.91 Å². The highest BCUT2D eigenvalue weighted by atomic mass is 19.4. The lowest BCUT2D eigenvalue weighted by Crippen LogP contribution is -2.55. The minimum absolute atomic E-state index is 0.00718. The van der Waals surface area contributed by atoms with Crippen LogP contribution >= 0.6 is 0 Å². The second-order valence-corrected chi connectivity index (χ2v) is 6.38. The van der Waals surface area contributed by atoms with Gasteiger partial charge in [-0.05, 0) is 26.7 Å². The average molecular weight is 332 g/mol. The topological polar surface area (TPSA) is 50.2 Å². The summed E-state index contributed by atoms with van der Waals surface area (Å²) >= 11 is 0. The molecule has 1 fully saturated rings. The van der Waals surface area contributed by atoms with Crippen LogP contribution in [0.5, 0.6) is 0 Å². The number of piperidine rings is 1. The summed E-state index contributed by atoms with van der Waals surface area (Å²) in [7, 11) is 0. The van der Waals surface area contributed by atoms with Gasteiger partial charge in [-0.25, -0.2) is 0 Å². The van der Waals surface area contributed by atoms with Crippen molar-refractivity contribution in [3.8, 4) is 0 Å². The molecule has 2 heterocycles. The van der Waals surface area contributed by atoms with Gasteiger partial charge in [-0.1, -0.05) is 0 Å². The highest BCUT2D eigenvalue weighted by Gasteiger charge is 2.46. The Labute approximate surface area is 133 Å². The molecule has 0 spiro atoms. The van der Waals surface area contributed by atoms with E-state index in [0.717, 1.165) is 5.56 Å². The van der Waals surface area contributed by atoms with Crippen LogP contribution in [0.3, 0.4) is 0 Å². The zero-order valence-corrected chi connectivity index (χ0v) is 13.6. The van der Waals surface area contributed by atoms with E-state index in [2.05, 4.69) is 10.4 Å². The Bertz CT molecular complexity index is 541. The fourth-order valence-electron chi connectivity index (χ4n) is 2.97. The van der Waals surface area contributed by atoms with Crippen molar-refractivity contribution < 1.29 is 18.0 Å². The van der Waals surface area contributed by atoms with Gasteiger partial charge in [0, 0.05) is 43.9 Å². The number of carbonyl (C=O) groups is 1. The number of aromatic nitrogens is 2. The average Bonchev–Trinajstić information content (AvgIpc) is 2.85. The van der Waals surface area contributed by atoms with Gasteiger partial charge in [0.05, 0.1) is 6.20 Å². The molecule has 0 aliphatic carbocycles. The molecule has 1 aliphatic rings. The molecule has 0 aromatic carbocycles. The Balaban J connectivity index is 2.12. The van der Waals surface area contributed by atoms with Crippen LogP contribution in [0, 0.1) is 0 Å². The summed E-state index contributed by atoms with van der Waals surface area (Å²) in [6, 6.07) is -1.56. The quantitative estimate of drug-likeness (QED) is 0.922. The second kappa shape index (κ2) is 6.90. The predicted molar refractivity (Wildman–Crippen MR) is 79.7 cm³/mol. The van der Waals surface area contributed by atoms with E-state index in [4.69, 9.17) is 0 Å². The van der Waals surface area contributed by atoms with E-state index < -0.39 is 12.2 Å². The number of likely N-dealkylation sites (tertiary alicyclic amines) is 1. The van der Waals surface area contributed by atoms with Gasteiger partial charge in [-0.15, -0.1) is 0 Å². The summed E-state index contributed by atoms with van der Waals surface area (Å²) in [4.78, 5) is 12.6. The predicted octanol–water partition coefficient (Wildman–Crippen LogP) is 2.50. The van der Waals surface area contributed by atoms with E-state index in [1.165, 1.54) is 11.8 Å². The van der Waals surface area contributed by atoms with Crippen LogP contribution in [-0.4, -0.2) is 45.4 Å². The Kier molecular flexibility index (Phi) is 5.33. The van der Waals surface area contributed by atoms with Crippen LogP contribution in [0.25, 0.3) is 0 Å². The van der Waals surface area contributed by atoms with Crippen molar-refractivity contribution in [1.82, 2.24) is 20.0 Å². The fraction of sp³-hybridized carbons (Fsp3) is 0.733. The van der Waals surface area contributed by atoms with Gasteiger partial charge < -0.3 is 5.32 Å². The number of amides is 1. The van der Waals surface area contributed by atoms with Crippen molar-refractivity contribution in [2.24, 2.45) is 0 Å². The highest BCUT2D eigenvalue weighted by Crippen LogP contribution is 2.33. The van der Waals surface area contributed by atoms with Crippen molar-refractivity contribution in [2.45, 2.75) is 64.5 Å². The summed E-state index contributed by atoms with van der Waals surface area (Å²) < 4.78 is 41.5. The van der Waals surface area contributed by atoms with Crippen LogP contribution in [-0.2, 0) is 11.3 Å². The van der Waals surface area contributed by atoms with Crippen molar-refractivity contribution in [3.05, 3.63) is 18.0 Å². The largest absolute Gasteiger partial charge is 0.404 e. The maximum Gasteiger partial charge on any atom is 0.404 e. The molecule has 0 radical (unpaired) electrons. The molecule has 1 amide bonds. The molecule has 2 atom stereocenters. The molecule has 1 aromatic heterocycles. The SMILES string of the molecule is CC(=O)N[C@H]1CC[C@H](C(F)(F)F)N(Cc2cnn(C(C)C)c2)C1. The Morgan fingerprint density at radius 2 is 2.13 bits per heavy atom. The first-order chi connectivity index (χ1) is 10.7.